The Morgan fingerprint density at radius 3 is 2.15 bits per heavy atom. The molecule has 2 rings (SSSR count). The molecule has 0 fully saturated rings. The van der Waals surface area contributed by atoms with E-state index in [9.17, 15) is 9.59 Å². The number of alkyl carbamates (subject to hydrolysis) is 1. The zero-order valence-electron chi connectivity index (χ0n) is 14.8. The second kappa shape index (κ2) is 10.2. The summed E-state index contributed by atoms with van der Waals surface area (Å²) in [7, 11) is 1.27. The number of nitrogens with one attached hydrogen (secondary N) is 1. The zero-order valence-corrected chi connectivity index (χ0v) is 14.8. The molecule has 0 saturated heterocycles. The lowest BCUT2D eigenvalue weighted by atomic mass is 10.0. The summed E-state index contributed by atoms with van der Waals surface area (Å²) >= 11 is 0. The number of hydrogen-bond donors (Lipinski definition) is 2. The number of benzene rings is 2. The van der Waals surface area contributed by atoms with Crippen molar-refractivity contribution in [3.05, 3.63) is 71.8 Å². The Bertz CT molecular complexity index is 691. The van der Waals surface area contributed by atoms with Crippen molar-refractivity contribution < 1.29 is 19.1 Å². The molecular weight excluding hydrogens is 332 g/mol. The van der Waals surface area contributed by atoms with Gasteiger partial charge in [-0.15, -0.1) is 0 Å². The normalized spacial score (nSPS) is 12.7. The summed E-state index contributed by atoms with van der Waals surface area (Å²) in [5, 5.41) is 2.54. The second-order valence-corrected chi connectivity index (χ2v) is 5.97. The van der Waals surface area contributed by atoms with Gasteiger partial charge in [-0.1, -0.05) is 60.7 Å². The monoisotopic (exact) mass is 356 g/mol. The van der Waals surface area contributed by atoms with Gasteiger partial charge in [-0.25, -0.2) is 9.59 Å². The summed E-state index contributed by atoms with van der Waals surface area (Å²) in [4.78, 5) is 24.0. The number of rotatable bonds is 8. The molecule has 0 bridgehead atoms. The van der Waals surface area contributed by atoms with Crippen molar-refractivity contribution in [1.82, 2.24) is 5.32 Å². The molecule has 0 aliphatic rings. The zero-order chi connectivity index (χ0) is 18.8. The van der Waals surface area contributed by atoms with Crippen molar-refractivity contribution in [3.8, 4) is 0 Å². The molecule has 6 heteroatoms. The lowest BCUT2D eigenvalue weighted by molar-refractivity contribution is -0.143. The first-order valence-electron chi connectivity index (χ1n) is 8.43. The highest BCUT2D eigenvalue weighted by Gasteiger charge is 2.25. The van der Waals surface area contributed by atoms with E-state index < -0.39 is 18.1 Å². The molecule has 2 aromatic carbocycles. The van der Waals surface area contributed by atoms with E-state index in [-0.39, 0.29) is 19.1 Å². The van der Waals surface area contributed by atoms with Gasteiger partial charge in [-0.2, -0.15) is 0 Å². The van der Waals surface area contributed by atoms with Gasteiger partial charge in [-0.3, -0.25) is 0 Å². The number of esters is 1. The molecule has 6 nitrogen and oxygen atoms in total. The lowest BCUT2D eigenvalue weighted by Crippen LogP contribution is -2.45. The fourth-order valence-electron chi connectivity index (χ4n) is 2.57. The van der Waals surface area contributed by atoms with Crippen LogP contribution in [0, 0.1) is 0 Å². The molecule has 26 heavy (non-hydrogen) atoms. The van der Waals surface area contributed by atoms with Crippen LogP contribution in [0.5, 0.6) is 0 Å². The fourth-order valence-corrected chi connectivity index (χ4v) is 2.57. The van der Waals surface area contributed by atoms with Crippen molar-refractivity contribution in [1.29, 1.82) is 0 Å². The first kappa shape index (κ1) is 19.5. The Labute approximate surface area is 153 Å². The van der Waals surface area contributed by atoms with Gasteiger partial charge in [0.25, 0.3) is 0 Å². The number of methoxy groups -OCH3 is 1. The van der Waals surface area contributed by atoms with E-state index >= 15 is 0 Å². The number of amides is 1. The molecule has 0 radical (unpaired) electrons. The van der Waals surface area contributed by atoms with E-state index in [1.165, 1.54) is 7.11 Å². The molecule has 0 saturated carbocycles. The van der Waals surface area contributed by atoms with E-state index in [0.29, 0.717) is 6.42 Å². The fraction of sp³-hybridized carbons (Fsp3) is 0.300. The Balaban J connectivity index is 1.87. The minimum atomic E-state index is -0.859. The van der Waals surface area contributed by atoms with Gasteiger partial charge < -0.3 is 20.5 Å². The summed E-state index contributed by atoms with van der Waals surface area (Å²) in [6, 6.07) is 17.8. The molecule has 2 unspecified atom stereocenters. The molecule has 2 aromatic rings. The maximum atomic E-state index is 12.0. The maximum Gasteiger partial charge on any atom is 0.408 e. The first-order chi connectivity index (χ1) is 12.6. The maximum absolute atomic E-state index is 12.0. The Morgan fingerprint density at radius 2 is 1.58 bits per heavy atom. The van der Waals surface area contributed by atoms with Crippen LogP contribution in [0.15, 0.2) is 60.7 Å². The van der Waals surface area contributed by atoms with E-state index in [4.69, 9.17) is 15.2 Å². The van der Waals surface area contributed by atoms with Crippen LogP contribution in [0.1, 0.15) is 17.5 Å². The second-order valence-electron chi connectivity index (χ2n) is 5.97. The third kappa shape index (κ3) is 6.57. The van der Waals surface area contributed by atoms with Gasteiger partial charge in [0, 0.05) is 6.04 Å². The summed E-state index contributed by atoms with van der Waals surface area (Å²) in [6.45, 7) is 0.122. The van der Waals surface area contributed by atoms with Crippen molar-refractivity contribution in [2.75, 3.05) is 7.11 Å². The molecular formula is C20H24N2O4. The van der Waals surface area contributed by atoms with Gasteiger partial charge >= 0.3 is 12.1 Å². The topological polar surface area (TPSA) is 90.6 Å². The smallest absolute Gasteiger partial charge is 0.408 e. The Hall–Kier alpha value is -2.86. The molecule has 0 heterocycles. The van der Waals surface area contributed by atoms with Gasteiger partial charge in [0.15, 0.2) is 0 Å². The van der Waals surface area contributed by atoms with Crippen LogP contribution >= 0.6 is 0 Å². The highest BCUT2D eigenvalue weighted by molar-refractivity contribution is 5.81. The van der Waals surface area contributed by atoms with Crippen molar-refractivity contribution >= 4 is 12.1 Å². The molecule has 1 amide bonds. The molecule has 0 aromatic heterocycles. The van der Waals surface area contributed by atoms with Crippen molar-refractivity contribution in [3.63, 3.8) is 0 Å². The number of carbonyl (C=O) groups excluding carboxylic acids is 2. The largest absolute Gasteiger partial charge is 0.467 e. The molecule has 138 valence electrons. The minimum Gasteiger partial charge on any atom is -0.467 e. The quantitative estimate of drug-likeness (QED) is 0.709. The molecule has 0 aliphatic carbocycles. The molecule has 0 aliphatic heterocycles. The van der Waals surface area contributed by atoms with Crippen LogP contribution in [-0.4, -0.2) is 31.3 Å². The summed E-state index contributed by atoms with van der Waals surface area (Å²) in [6.07, 6.45) is 0.160. The van der Waals surface area contributed by atoms with Gasteiger partial charge in [0.05, 0.1) is 7.11 Å². The SMILES string of the molecule is COC(=O)C(CC(N)Cc1ccccc1)NC(=O)OCc1ccccc1. The van der Waals surface area contributed by atoms with Crippen molar-refractivity contribution in [2.45, 2.75) is 31.5 Å². The summed E-state index contributed by atoms with van der Waals surface area (Å²) in [5.74, 6) is -0.551. The third-order valence-electron chi connectivity index (χ3n) is 3.87. The van der Waals surface area contributed by atoms with E-state index in [1.807, 2.05) is 60.7 Å². The van der Waals surface area contributed by atoms with Crippen LogP contribution in [0.4, 0.5) is 4.79 Å². The summed E-state index contributed by atoms with van der Waals surface area (Å²) in [5.41, 5.74) is 8.06. The van der Waals surface area contributed by atoms with Crippen LogP contribution in [0.25, 0.3) is 0 Å². The number of carbonyl (C=O) groups is 2. The van der Waals surface area contributed by atoms with E-state index in [2.05, 4.69) is 5.32 Å². The van der Waals surface area contributed by atoms with Crippen LogP contribution < -0.4 is 11.1 Å². The average Bonchev–Trinajstić information content (AvgIpc) is 2.66. The Morgan fingerprint density at radius 1 is 1.00 bits per heavy atom. The third-order valence-corrected chi connectivity index (χ3v) is 3.87. The van der Waals surface area contributed by atoms with Gasteiger partial charge in [-0.05, 0) is 24.0 Å². The van der Waals surface area contributed by atoms with Crippen LogP contribution in [-0.2, 0) is 27.3 Å². The van der Waals surface area contributed by atoms with Crippen LogP contribution in [0.3, 0.4) is 0 Å². The highest BCUT2D eigenvalue weighted by atomic mass is 16.6. The number of hydrogen-bond acceptors (Lipinski definition) is 5. The predicted molar refractivity (Wildman–Crippen MR) is 98.3 cm³/mol. The van der Waals surface area contributed by atoms with E-state index in [1.54, 1.807) is 0 Å². The van der Waals surface area contributed by atoms with Gasteiger partial charge in [0.2, 0.25) is 0 Å². The van der Waals surface area contributed by atoms with Gasteiger partial charge in [0.1, 0.15) is 12.6 Å². The number of ether oxygens (including phenoxy) is 2. The van der Waals surface area contributed by atoms with Crippen molar-refractivity contribution in [2.24, 2.45) is 5.73 Å². The average molecular weight is 356 g/mol. The highest BCUT2D eigenvalue weighted by Crippen LogP contribution is 2.08. The Kier molecular flexibility index (Phi) is 7.64. The molecule has 0 spiro atoms. The number of nitrogens with two attached hydrogens (primary N) is 1. The minimum absolute atomic E-state index is 0.122. The summed E-state index contributed by atoms with van der Waals surface area (Å²) < 4.78 is 9.92. The molecule has 2 atom stereocenters. The molecule has 3 N–H and O–H groups in total. The lowest BCUT2D eigenvalue weighted by Gasteiger charge is -2.20. The van der Waals surface area contributed by atoms with Crippen LogP contribution in [0.2, 0.25) is 0 Å². The first-order valence-corrected chi connectivity index (χ1v) is 8.43. The van der Waals surface area contributed by atoms with E-state index in [0.717, 1.165) is 11.1 Å². The predicted octanol–water partition coefficient (Wildman–Crippen LogP) is 2.41. The standard InChI is InChI=1S/C20H24N2O4/c1-25-19(23)18(13-17(21)12-15-8-4-2-5-9-15)22-20(24)26-14-16-10-6-3-7-11-16/h2-11,17-18H,12-14,21H2,1H3,(H,22,24).